The number of unbranched alkanes of at least 4 members (excludes halogenated alkanes) is 8. The molecule has 1 aromatic carbocycles. The molecule has 1 aromatic rings. The second-order valence-corrected chi connectivity index (χ2v) is 20.6. The Balaban J connectivity index is 0.0000134. The summed E-state index contributed by atoms with van der Waals surface area (Å²) in [5.41, 5.74) is 0.0706. The summed E-state index contributed by atoms with van der Waals surface area (Å²) in [6.45, 7) is 1.58. The summed E-state index contributed by atoms with van der Waals surface area (Å²) in [5, 5.41) is 109. The minimum absolute atomic E-state index is 0. The molecule has 0 spiro atoms. The van der Waals surface area contributed by atoms with Crippen LogP contribution < -0.4 is 55.6 Å². The van der Waals surface area contributed by atoms with Gasteiger partial charge in [0.05, 0.1) is 33.0 Å². The van der Waals surface area contributed by atoms with Gasteiger partial charge in [-0.25, -0.2) is 8.42 Å². The molecule has 4 heterocycles. The monoisotopic (exact) mass is 1160 g/mol. The molecule has 31 heteroatoms. The van der Waals surface area contributed by atoms with Gasteiger partial charge in [-0.1, -0.05) is 64.4 Å². The minimum atomic E-state index is -5.41. The summed E-state index contributed by atoms with van der Waals surface area (Å²) in [7, 11) is -5.41. The van der Waals surface area contributed by atoms with Crippen LogP contribution in [0.5, 0.6) is 5.75 Å². The first-order valence-corrected chi connectivity index (χ1v) is 27.3. The van der Waals surface area contributed by atoms with Gasteiger partial charge >= 0.3 is 29.6 Å². The van der Waals surface area contributed by atoms with Crippen LogP contribution in [0.3, 0.4) is 0 Å². The van der Waals surface area contributed by atoms with Gasteiger partial charge in [0.25, 0.3) is 5.91 Å². The van der Waals surface area contributed by atoms with Crippen LogP contribution in [0.1, 0.15) is 95.8 Å². The standard InChI is InChI=1S/C48H78N4O25S.Na/c1-5-6-7-8-9-10-11-12-13-17-69-27-16-14-15-26(18-27)44(64)52-33-37(60)36(59)28(19-53)72-46(33)75-41-29(20-54)73-47(34(39(41)62)50-24(3)57)76-42-30(21-55)74-48(35(40(42)63)51-25(4)58)77-43-31(22-70-78(66,67)68)71-45(65)32(38(43)61)49-23(2)56;/h14-16,18,28-43,45-48,53-55,59-63,65H,5-13,17,19-22H2,1-4H3,(H,49,56)(H,50,57)(H,51,58)(H,52,64)(H,66,67,68);/q;+1/p-1/t28?,29-,30?,31-,32?,33-,34?,35-,36+,37?,38?,39?,40-,41+,42?,43+,45?,46-,47?,48-;/m0./s1. The Hall–Kier alpha value is -2.87. The first-order valence-electron chi connectivity index (χ1n) is 26.0. The summed E-state index contributed by atoms with van der Waals surface area (Å²) < 4.78 is 85.7. The van der Waals surface area contributed by atoms with Crippen molar-refractivity contribution in [1.82, 2.24) is 21.3 Å². The second-order valence-electron chi connectivity index (χ2n) is 19.6. The number of benzene rings is 1. The van der Waals surface area contributed by atoms with Crippen molar-refractivity contribution in [2.45, 2.75) is 208 Å². The Morgan fingerprint density at radius 2 is 1.00 bits per heavy atom. The number of hydrogen-bond acceptors (Lipinski definition) is 25. The van der Waals surface area contributed by atoms with Crippen molar-refractivity contribution in [2.24, 2.45) is 0 Å². The molecular formula is C48H77N4NaO25S. The van der Waals surface area contributed by atoms with Gasteiger partial charge in [0.1, 0.15) is 103 Å². The molecule has 4 aliphatic rings. The number of aliphatic hydroxyl groups excluding tert-OH is 9. The molecule has 4 aliphatic heterocycles. The molecule has 20 atom stereocenters. The largest absolute Gasteiger partial charge is 1.00 e. The molecule has 0 saturated carbocycles. The van der Waals surface area contributed by atoms with Gasteiger partial charge in [0, 0.05) is 26.3 Å². The third kappa shape index (κ3) is 19.6. The third-order valence-corrected chi connectivity index (χ3v) is 14.0. The van der Waals surface area contributed by atoms with Crippen LogP contribution in [0.15, 0.2) is 24.3 Å². The summed E-state index contributed by atoms with van der Waals surface area (Å²) in [6.07, 6.45) is -19.6. The van der Waals surface area contributed by atoms with Crippen LogP contribution in [-0.2, 0) is 62.1 Å². The van der Waals surface area contributed by atoms with Crippen molar-refractivity contribution in [2.75, 3.05) is 33.0 Å². The molecule has 79 heavy (non-hydrogen) atoms. The van der Waals surface area contributed by atoms with Crippen LogP contribution in [-0.4, -0.2) is 238 Å². The molecule has 446 valence electrons. The number of hydrogen-bond donors (Lipinski definition) is 13. The number of carbonyl (C=O) groups is 4. The fourth-order valence-corrected chi connectivity index (χ4v) is 9.94. The first-order chi connectivity index (χ1) is 37.0. The number of carbonyl (C=O) groups excluding carboxylic acids is 4. The second kappa shape index (κ2) is 32.8. The van der Waals surface area contributed by atoms with Gasteiger partial charge in [0.2, 0.25) is 28.1 Å². The van der Waals surface area contributed by atoms with Crippen molar-refractivity contribution < 1.29 is 150 Å². The Morgan fingerprint density at radius 1 is 0.570 bits per heavy atom. The Labute approximate surface area is 479 Å². The fourth-order valence-electron chi connectivity index (χ4n) is 9.64. The predicted octanol–water partition coefficient (Wildman–Crippen LogP) is -7.48. The van der Waals surface area contributed by atoms with Crippen molar-refractivity contribution in [3.8, 4) is 5.75 Å². The van der Waals surface area contributed by atoms with Crippen molar-refractivity contribution in [3.63, 3.8) is 0 Å². The molecule has 4 saturated heterocycles. The van der Waals surface area contributed by atoms with Gasteiger partial charge < -0.3 is 110 Å². The van der Waals surface area contributed by atoms with Crippen LogP contribution in [0.25, 0.3) is 0 Å². The summed E-state index contributed by atoms with van der Waals surface area (Å²) in [6, 6.07) is -0.636. The van der Waals surface area contributed by atoms with Crippen LogP contribution in [0.2, 0.25) is 0 Å². The molecule has 0 bridgehead atoms. The zero-order valence-electron chi connectivity index (χ0n) is 44.7. The molecule has 4 amide bonds. The topological polar surface area (TPSA) is 439 Å². The number of ether oxygens (including phenoxy) is 8. The molecule has 10 unspecified atom stereocenters. The molecule has 13 N–H and O–H groups in total. The Morgan fingerprint density at radius 3 is 1.47 bits per heavy atom. The van der Waals surface area contributed by atoms with Crippen molar-refractivity contribution in [3.05, 3.63) is 29.8 Å². The predicted molar refractivity (Wildman–Crippen MR) is 262 cm³/mol. The van der Waals surface area contributed by atoms with E-state index in [1.165, 1.54) is 44.2 Å². The van der Waals surface area contributed by atoms with Gasteiger partial charge in [-0.15, -0.1) is 0 Å². The summed E-state index contributed by atoms with van der Waals surface area (Å²) in [5.74, 6) is -2.84. The zero-order chi connectivity index (χ0) is 57.4. The molecule has 0 aromatic heterocycles. The van der Waals surface area contributed by atoms with E-state index in [1.54, 1.807) is 12.1 Å². The van der Waals surface area contributed by atoms with E-state index in [4.69, 9.17) is 37.9 Å². The van der Waals surface area contributed by atoms with Gasteiger partial charge in [-0.3, -0.25) is 23.4 Å². The first kappa shape index (κ1) is 68.6. The Bertz CT molecular complexity index is 2180. The number of aliphatic hydroxyl groups is 9. The number of rotatable bonds is 28. The summed E-state index contributed by atoms with van der Waals surface area (Å²) in [4.78, 5) is 51.1. The molecular weight excluding hydrogens is 1090 g/mol. The zero-order valence-corrected chi connectivity index (χ0v) is 47.5. The molecule has 29 nitrogen and oxygen atoms in total. The van der Waals surface area contributed by atoms with E-state index in [0.29, 0.717) is 12.4 Å². The SMILES string of the molecule is CCCCCCCCCCCOc1cccc(C(=O)N[C@H]2C(O)[C@H](O)C(CO)O[C@H]2O[C@H]2C(O)C(NC(C)=O)C(OC3C(CO)O[C@@H](O[C@H]4C(O)C(NC(C)=O)C(O)O[C@H]4COS(=O)(=O)[O-])[C@@H](NC(C)=O)[C@@H]3O)O[C@H]2CO)c1.[Na+]. The fraction of sp³-hybridized carbons (Fsp3) is 0.792. The average Bonchev–Trinajstić information content (AvgIpc) is 3.38. The van der Waals surface area contributed by atoms with Crippen LogP contribution >= 0.6 is 0 Å². The van der Waals surface area contributed by atoms with Crippen LogP contribution in [0.4, 0.5) is 0 Å². The van der Waals surface area contributed by atoms with E-state index in [-0.39, 0.29) is 35.1 Å². The third-order valence-electron chi connectivity index (χ3n) is 13.6. The summed E-state index contributed by atoms with van der Waals surface area (Å²) >= 11 is 0. The molecule has 0 aliphatic carbocycles. The van der Waals surface area contributed by atoms with E-state index < -0.39 is 183 Å². The smallest absolute Gasteiger partial charge is 0.726 e. The van der Waals surface area contributed by atoms with Gasteiger partial charge in [0.15, 0.2) is 25.2 Å². The average molecular weight is 1170 g/mol. The van der Waals surface area contributed by atoms with Gasteiger partial charge in [-0.2, -0.15) is 0 Å². The Kier molecular flexibility index (Phi) is 28.5. The van der Waals surface area contributed by atoms with E-state index in [2.05, 4.69) is 32.4 Å². The maximum atomic E-state index is 13.8. The van der Waals surface area contributed by atoms with E-state index >= 15 is 0 Å². The maximum absolute atomic E-state index is 13.8. The molecule has 0 radical (unpaired) electrons. The number of nitrogens with one attached hydrogen (secondary N) is 4. The molecule has 4 fully saturated rings. The van der Waals surface area contributed by atoms with Crippen molar-refractivity contribution >= 4 is 34.0 Å². The normalized spacial score (nSPS) is 34.9. The molecule has 5 rings (SSSR count). The van der Waals surface area contributed by atoms with E-state index in [0.717, 1.165) is 46.5 Å². The van der Waals surface area contributed by atoms with Crippen LogP contribution in [0, 0.1) is 0 Å². The number of amides is 4. The minimum Gasteiger partial charge on any atom is -0.726 e. The van der Waals surface area contributed by atoms with Crippen molar-refractivity contribution in [1.29, 1.82) is 0 Å². The van der Waals surface area contributed by atoms with E-state index in [9.17, 15) is 78.1 Å². The quantitative estimate of drug-likeness (QED) is 0.0160. The van der Waals surface area contributed by atoms with Gasteiger partial charge in [-0.05, 0) is 24.6 Å². The maximum Gasteiger partial charge on any atom is 1.00 e. The van der Waals surface area contributed by atoms with E-state index in [1.807, 2.05) is 0 Å².